The predicted octanol–water partition coefficient (Wildman–Crippen LogP) is 5.85. The first-order valence-electron chi connectivity index (χ1n) is 10.2. The average Bonchev–Trinajstić information content (AvgIpc) is 3.38. The van der Waals surface area contributed by atoms with Crippen molar-refractivity contribution < 1.29 is 9.53 Å². The van der Waals surface area contributed by atoms with E-state index in [2.05, 4.69) is 9.72 Å². The van der Waals surface area contributed by atoms with E-state index in [9.17, 15) is 4.79 Å². The zero-order valence-corrected chi connectivity index (χ0v) is 18.9. The van der Waals surface area contributed by atoms with Crippen molar-refractivity contribution in [1.29, 1.82) is 0 Å². The number of carbonyl (C=O) groups is 1. The molecule has 1 amide bonds. The number of rotatable bonds is 6. The number of hydrogen-bond donors (Lipinski definition) is 1. The summed E-state index contributed by atoms with van der Waals surface area (Å²) in [6.45, 7) is 0.566. The second-order valence-corrected chi connectivity index (χ2v) is 8.87. The lowest BCUT2D eigenvalue weighted by Gasteiger charge is -2.06. The third-order valence-electron chi connectivity index (χ3n) is 5.33. The highest BCUT2D eigenvalue weighted by molar-refractivity contribution is 7.23. The first-order chi connectivity index (χ1) is 15.6. The van der Waals surface area contributed by atoms with Gasteiger partial charge in [-0.2, -0.15) is 0 Å². The first kappa shape index (κ1) is 20.5. The summed E-state index contributed by atoms with van der Waals surface area (Å²) in [7, 11) is 1.66. The molecule has 0 radical (unpaired) electrons. The van der Waals surface area contributed by atoms with Crippen molar-refractivity contribution in [3.05, 3.63) is 89.1 Å². The number of imidazole rings is 1. The Balaban J connectivity index is 1.33. The Morgan fingerprint density at radius 2 is 1.97 bits per heavy atom. The number of ether oxygens (including phenoxy) is 1. The van der Waals surface area contributed by atoms with Gasteiger partial charge in [0.2, 0.25) is 0 Å². The molecular formula is C25H20ClN3O2S. The third-order valence-corrected chi connectivity index (χ3v) is 6.60. The fraction of sp³-hybridized carbons (Fsp3) is 0.120. The highest BCUT2D eigenvalue weighted by atomic mass is 35.5. The van der Waals surface area contributed by atoms with E-state index in [0.29, 0.717) is 17.1 Å². The Kier molecular flexibility index (Phi) is 5.55. The van der Waals surface area contributed by atoms with Crippen molar-refractivity contribution in [1.82, 2.24) is 14.7 Å². The van der Waals surface area contributed by atoms with Gasteiger partial charge in [0, 0.05) is 28.9 Å². The molecule has 2 aromatic heterocycles. The highest BCUT2D eigenvalue weighted by Gasteiger charge is 2.13. The van der Waals surface area contributed by atoms with Gasteiger partial charge in [-0.05, 0) is 54.4 Å². The Morgan fingerprint density at radius 3 is 2.78 bits per heavy atom. The van der Waals surface area contributed by atoms with Crippen LogP contribution in [0.5, 0.6) is 5.75 Å². The Labute approximate surface area is 194 Å². The van der Waals surface area contributed by atoms with Crippen LogP contribution in [0.3, 0.4) is 0 Å². The van der Waals surface area contributed by atoms with Gasteiger partial charge in [0.15, 0.2) is 4.96 Å². The predicted molar refractivity (Wildman–Crippen MR) is 130 cm³/mol. The normalized spacial score (nSPS) is 11.2. The number of nitrogens with one attached hydrogen (secondary N) is 1. The topological polar surface area (TPSA) is 55.6 Å². The average molecular weight is 462 g/mol. The summed E-state index contributed by atoms with van der Waals surface area (Å²) in [6, 6.07) is 21.3. The zero-order chi connectivity index (χ0) is 22.1. The summed E-state index contributed by atoms with van der Waals surface area (Å²) >= 11 is 7.49. The van der Waals surface area contributed by atoms with Crippen LogP contribution in [0, 0.1) is 0 Å². The van der Waals surface area contributed by atoms with E-state index in [1.807, 2.05) is 72.9 Å². The van der Waals surface area contributed by atoms with Crippen LogP contribution in [0.25, 0.3) is 26.4 Å². The molecule has 1 N–H and O–H groups in total. The molecule has 5 nitrogen and oxygen atoms in total. The van der Waals surface area contributed by atoms with Crippen molar-refractivity contribution in [2.75, 3.05) is 13.7 Å². The molecule has 0 bridgehead atoms. The smallest absolute Gasteiger partial charge is 0.251 e. The van der Waals surface area contributed by atoms with Crippen LogP contribution in [-0.2, 0) is 6.42 Å². The van der Waals surface area contributed by atoms with E-state index in [0.717, 1.165) is 44.2 Å². The SMILES string of the molecule is COc1cccc(-c2cn3c(n2)sc2cc(C(=O)NCCc4ccc(Cl)cc4)ccc23)c1. The molecule has 160 valence electrons. The summed E-state index contributed by atoms with van der Waals surface area (Å²) in [5.74, 6) is 0.722. The number of benzene rings is 3. The quantitative estimate of drug-likeness (QED) is 0.345. The van der Waals surface area contributed by atoms with Gasteiger partial charge in [-0.1, -0.05) is 47.2 Å². The number of hydrogen-bond acceptors (Lipinski definition) is 4. The van der Waals surface area contributed by atoms with Crippen LogP contribution >= 0.6 is 22.9 Å². The molecular weight excluding hydrogens is 442 g/mol. The van der Waals surface area contributed by atoms with Crippen molar-refractivity contribution in [2.24, 2.45) is 0 Å². The van der Waals surface area contributed by atoms with Crippen LogP contribution in [0.4, 0.5) is 0 Å². The lowest BCUT2D eigenvalue weighted by Crippen LogP contribution is -2.25. The minimum atomic E-state index is -0.0797. The number of halogens is 1. The summed E-state index contributed by atoms with van der Waals surface area (Å²) in [5.41, 5.74) is 4.71. The first-order valence-corrected chi connectivity index (χ1v) is 11.4. The third kappa shape index (κ3) is 4.07. The van der Waals surface area contributed by atoms with Crippen LogP contribution in [0.1, 0.15) is 15.9 Å². The molecule has 0 aliphatic rings. The monoisotopic (exact) mass is 461 g/mol. The van der Waals surface area contributed by atoms with Gasteiger partial charge in [0.25, 0.3) is 5.91 Å². The number of thiazole rings is 1. The van der Waals surface area contributed by atoms with Crippen LogP contribution in [0.15, 0.2) is 72.9 Å². The molecule has 7 heteroatoms. The molecule has 0 saturated carbocycles. The molecule has 3 aromatic carbocycles. The summed E-state index contributed by atoms with van der Waals surface area (Å²) in [5, 5.41) is 3.71. The zero-order valence-electron chi connectivity index (χ0n) is 17.3. The summed E-state index contributed by atoms with van der Waals surface area (Å²) < 4.78 is 8.41. The molecule has 5 rings (SSSR count). The van der Waals surface area contributed by atoms with E-state index in [4.69, 9.17) is 21.3 Å². The molecule has 32 heavy (non-hydrogen) atoms. The van der Waals surface area contributed by atoms with E-state index in [1.54, 1.807) is 18.4 Å². The van der Waals surface area contributed by atoms with Crippen molar-refractivity contribution in [2.45, 2.75) is 6.42 Å². The van der Waals surface area contributed by atoms with Gasteiger partial charge in [-0.25, -0.2) is 4.98 Å². The molecule has 0 saturated heterocycles. The molecule has 2 heterocycles. The van der Waals surface area contributed by atoms with Crippen molar-refractivity contribution in [3.63, 3.8) is 0 Å². The number of amides is 1. The van der Waals surface area contributed by atoms with Gasteiger partial charge >= 0.3 is 0 Å². The molecule has 0 atom stereocenters. The van der Waals surface area contributed by atoms with E-state index >= 15 is 0 Å². The Morgan fingerprint density at radius 1 is 1.12 bits per heavy atom. The molecule has 0 aliphatic carbocycles. The van der Waals surface area contributed by atoms with Gasteiger partial charge in [-0.3, -0.25) is 9.20 Å². The number of methoxy groups -OCH3 is 1. The fourth-order valence-electron chi connectivity index (χ4n) is 3.64. The van der Waals surface area contributed by atoms with Crippen LogP contribution < -0.4 is 10.1 Å². The minimum absolute atomic E-state index is 0.0797. The van der Waals surface area contributed by atoms with Gasteiger partial charge in [0.1, 0.15) is 5.75 Å². The van der Waals surface area contributed by atoms with Crippen molar-refractivity contribution >= 4 is 44.0 Å². The lowest BCUT2D eigenvalue weighted by atomic mass is 10.1. The standard InChI is InChI=1S/C25H20ClN3O2S/c1-31-20-4-2-3-17(13-20)21-15-29-22-10-7-18(14-23(22)32-25(29)28-21)24(30)27-12-11-16-5-8-19(26)9-6-16/h2-10,13-15H,11-12H2,1H3,(H,27,30). The number of nitrogens with zero attached hydrogens (tertiary/aromatic N) is 2. The number of aromatic nitrogens is 2. The second-order valence-electron chi connectivity index (χ2n) is 7.43. The van der Waals surface area contributed by atoms with Crippen LogP contribution in [0.2, 0.25) is 5.02 Å². The van der Waals surface area contributed by atoms with Gasteiger partial charge in [-0.15, -0.1) is 0 Å². The van der Waals surface area contributed by atoms with Gasteiger partial charge in [0.05, 0.1) is 23.0 Å². The summed E-state index contributed by atoms with van der Waals surface area (Å²) in [4.78, 5) is 18.3. The van der Waals surface area contributed by atoms with E-state index < -0.39 is 0 Å². The maximum Gasteiger partial charge on any atom is 0.251 e. The minimum Gasteiger partial charge on any atom is -0.497 e. The lowest BCUT2D eigenvalue weighted by molar-refractivity contribution is 0.0954. The largest absolute Gasteiger partial charge is 0.497 e. The number of fused-ring (bicyclic) bond motifs is 3. The maximum absolute atomic E-state index is 12.6. The van der Waals surface area contributed by atoms with Crippen LogP contribution in [-0.4, -0.2) is 28.9 Å². The van der Waals surface area contributed by atoms with Gasteiger partial charge < -0.3 is 10.1 Å². The molecule has 5 aromatic rings. The Bertz CT molecular complexity index is 1420. The van der Waals surface area contributed by atoms with E-state index in [-0.39, 0.29) is 5.91 Å². The highest BCUT2D eigenvalue weighted by Crippen LogP contribution is 2.31. The fourth-order valence-corrected chi connectivity index (χ4v) is 4.81. The molecule has 0 aliphatic heterocycles. The van der Waals surface area contributed by atoms with Crippen molar-refractivity contribution in [3.8, 4) is 17.0 Å². The number of carbonyl (C=O) groups excluding carboxylic acids is 1. The Hall–Kier alpha value is -3.35. The second kappa shape index (κ2) is 8.65. The summed E-state index contributed by atoms with van der Waals surface area (Å²) in [6.07, 6.45) is 2.78. The molecule has 0 fully saturated rings. The maximum atomic E-state index is 12.6. The molecule has 0 spiro atoms. The van der Waals surface area contributed by atoms with E-state index in [1.165, 1.54) is 0 Å². The molecule has 0 unspecified atom stereocenters.